The zero-order valence-corrected chi connectivity index (χ0v) is 12.7. The van der Waals surface area contributed by atoms with Crippen LogP contribution in [-0.4, -0.2) is 41.6 Å². The number of hydrogen-bond acceptors (Lipinski definition) is 4. The number of carbonyl (C=O) groups is 2. The van der Waals surface area contributed by atoms with Crippen LogP contribution in [0.3, 0.4) is 0 Å². The third-order valence-electron chi connectivity index (χ3n) is 3.84. The molecule has 0 bridgehead atoms. The first-order chi connectivity index (χ1) is 11.1. The Hall–Kier alpha value is -2.60. The molecule has 1 aromatic heterocycles. The number of aryl methyl sites for hydroxylation is 1. The third-order valence-corrected chi connectivity index (χ3v) is 3.84. The van der Waals surface area contributed by atoms with E-state index in [2.05, 4.69) is 0 Å². The lowest BCUT2D eigenvalue weighted by Crippen LogP contribution is -2.43. The van der Waals surface area contributed by atoms with Crippen LogP contribution in [0.15, 0.2) is 40.8 Å². The molecule has 1 aliphatic heterocycles. The van der Waals surface area contributed by atoms with Crippen LogP contribution in [0.2, 0.25) is 0 Å². The number of carboxylic acids is 1. The molecule has 1 N–H and O–H groups in total. The number of carboxylic acid groups (broad SMARTS) is 1. The fourth-order valence-electron chi connectivity index (χ4n) is 2.67. The van der Waals surface area contributed by atoms with E-state index >= 15 is 0 Å². The minimum absolute atomic E-state index is 0.0921. The van der Waals surface area contributed by atoms with Crippen molar-refractivity contribution in [2.45, 2.75) is 13.0 Å². The normalized spacial score (nSPS) is 18.0. The number of nitrogens with zero attached hydrogens (tertiary/aromatic N) is 1. The molecule has 0 spiro atoms. The molecule has 0 unspecified atom stereocenters. The molecule has 0 aliphatic carbocycles. The molecular weight excluding hydrogens is 298 g/mol. The summed E-state index contributed by atoms with van der Waals surface area (Å²) < 4.78 is 11.1. The largest absolute Gasteiger partial charge is 0.478 e. The maximum absolute atomic E-state index is 12.8. The van der Waals surface area contributed by atoms with Crippen molar-refractivity contribution in [3.63, 3.8) is 0 Å². The summed E-state index contributed by atoms with van der Waals surface area (Å²) in [4.78, 5) is 25.6. The average molecular weight is 315 g/mol. The Bertz CT molecular complexity index is 736. The van der Waals surface area contributed by atoms with E-state index in [-0.39, 0.29) is 17.5 Å². The Morgan fingerprint density at radius 3 is 2.70 bits per heavy atom. The van der Waals surface area contributed by atoms with Gasteiger partial charge in [0.25, 0.3) is 5.91 Å². The van der Waals surface area contributed by atoms with E-state index in [4.69, 9.17) is 14.3 Å². The van der Waals surface area contributed by atoms with Gasteiger partial charge in [-0.25, -0.2) is 4.79 Å². The number of rotatable bonds is 3. The van der Waals surface area contributed by atoms with Crippen molar-refractivity contribution in [2.75, 3.05) is 19.8 Å². The van der Waals surface area contributed by atoms with Gasteiger partial charge >= 0.3 is 5.97 Å². The highest BCUT2D eigenvalue weighted by Crippen LogP contribution is 2.27. The molecule has 0 saturated carbocycles. The van der Waals surface area contributed by atoms with Crippen LogP contribution >= 0.6 is 0 Å². The van der Waals surface area contributed by atoms with Gasteiger partial charge in [-0.15, -0.1) is 0 Å². The molecule has 0 radical (unpaired) electrons. The summed E-state index contributed by atoms with van der Waals surface area (Å²) in [6.45, 7) is 3.08. The summed E-state index contributed by atoms with van der Waals surface area (Å²) in [7, 11) is 0. The predicted octanol–water partition coefficient (Wildman–Crippen LogP) is 2.50. The second-order valence-corrected chi connectivity index (χ2v) is 5.42. The van der Waals surface area contributed by atoms with Gasteiger partial charge in [0.1, 0.15) is 17.6 Å². The van der Waals surface area contributed by atoms with Crippen molar-refractivity contribution in [2.24, 2.45) is 0 Å². The summed E-state index contributed by atoms with van der Waals surface area (Å²) >= 11 is 0. The Balaban J connectivity index is 1.89. The van der Waals surface area contributed by atoms with Crippen LogP contribution in [0.4, 0.5) is 0 Å². The standard InChI is InChI=1S/C17H17NO5/c1-11-5-6-15(23-11)14-10-22-8-7-18(14)16(19)12-3-2-4-13(9-12)17(20)21/h2-6,9,14H,7-8,10H2,1H3,(H,20,21)/t14-/m1/s1. The number of furan rings is 1. The Morgan fingerprint density at radius 1 is 1.22 bits per heavy atom. The molecule has 3 rings (SSSR count). The van der Waals surface area contributed by atoms with Crippen LogP contribution in [0.25, 0.3) is 0 Å². The molecule has 1 atom stereocenters. The lowest BCUT2D eigenvalue weighted by Gasteiger charge is -2.34. The molecule has 1 aliphatic rings. The van der Waals surface area contributed by atoms with Gasteiger partial charge in [0.05, 0.1) is 18.8 Å². The van der Waals surface area contributed by atoms with Crippen molar-refractivity contribution >= 4 is 11.9 Å². The van der Waals surface area contributed by atoms with Gasteiger partial charge in [-0.3, -0.25) is 4.79 Å². The number of morpholine rings is 1. The van der Waals surface area contributed by atoms with Crippen LogP contribution in [0.5, 0.6) is 0 Å². The van der Waals surface area contributed by atoms with E-state index < -0.39 is 5.97 Å². The molecule has 6 heteroatoms. The summed E-state index contributed by atoms with van der Waals surface area (Å²) in [5, 5.41) is 9.07. The minimum atomic E-state index is -1.06. The second kappa shape index (κ2) is 6.26. The smallest absolute Gasteiger partial charge is 0.335 e. The minimum Gasteiger partial charge on any atom is -0.478 e. The number of ether oxygens (including phenoxy) is 1. The van der Waals surface area contributed by atoms with Crippen molar-refractivity contribution < 1.29 is 23.8 Å². The van der Waals surface area contributed by atoms with Gasteiger partial charge in [-0.1, -0.05) is 6.07 Å². The fraction of sp³-hybridized carbons (Fsp3) is 0.294. The molecular formula is C17H17NO5. The van der Waals surface area contributed by atoms with Crippen LogP contribution in [0.1, 0.15) is 38.3 Å². The highest BCUT2D eigenvalue weighted by molar-refractivity contribution is 5.97. The van der Waals surface area contributed by atoms with Crippen molar-refractivity contribution in [1.82, 2.24) is 4.90 Å². The van der Waals surface area contributed by atoms with Gasteiger partial charge < -0.3 is 19.2 Å². The first-order valence-corrected chi connectivity index (χ1v) is 7.34. The molecule has 23 heavy (non-hydrogen) atoms. The summed E-state index contributed by atoms with van der Waals surface area (Å²) in [6.07, 6.45) is 0. The molecule has 1 aromatic carbocycles. The maximum Gasteiger partial charge on any atom is 0.335 e. The molecule has 1 fully saturated rings. The van der Waals surface area contributed by atoms with Crippen LogP contribution in [-0.2, 0) is 4.74 Å². The van der Waals surface area contributed by atoms with E-state index in [0.29, 0.717) is 31.1 Å². The lowest BCUT2D eigenvalue weighted by atomic mass is 10.1. The van der Waals surface area contributed by atoms with E-state index in [1.807, 2.05) is 19.1 Å². The number of hydrogen-bond donors (Lipinski definition) is 1. The Labute approximate surface area is 133 Å². The highest BCUT2D eigenvalue weighted by Gasteiger charge is 2.31. The number of carbonyl (C=O) groups excluding carboxylic acids is 1. The quantitative estimate of drug-likeness (QED) is 0.941. The van der Waals surface area contributed by atoms with Gasteiger partial charge in [-0.2, -0.15) is 0 Å². The van der Waals surface area contributed by atoms with Gasteiger partial charge in [0.2, 0.25) is 0 Å². The van der Waals surface area contributed by atoms with Crippen LogP contribution < -0.4 is 0 Å². The molecule has 1 saturated heterocycles. The number of benzene rings is 1. The van der Waals surface area contributed by atoms with Gasteiger partial charge in [0.15, 0.2) is 0 Å². The lowest BCUT2D eigenvalue weighted by molar-refractivity contribution is -0.00895. The van der Waals surface area contributed by atoms with Gasteiger partial charge in [-0.05, 0) is 37.3 Å². The SMILES string of the molecule is Cc1ccc([C@H]2COCCN2C(=O)c2cccc(C(=O)O)c2)o1. The highest BCUT2D eigenvalue weighted by atomic mass is 16.5. The second-order valence-electron chi connectivity index (χ2n) is 5.42. The topological polar surface area (TPSA) is 80.0 Å². The molecule has 1 amide bonds. The van der Waals surface area contributed by atoms with E-state index in [1.165, 1.54) is 12.1 Å². The Kier molecular flexibility index (Phi) is 4.16. The van der Waals surface area contributed by atoms with E-state index in [0.717, 1.165) is 5.76 Å². The van der Waals surface area contributed by atoms with E-state index in [1.54, 1.807) is 17.0 Å². The number of amides is 1. The summed E-state index contributed by atoms with van der Waals surface area (Å²) in [5.41, 5.74) is 0.439. The monoisotopic (exact) mass is 315 g/mol. The van der Waals surface area contributed by atoms with Crippen LogP contribution in [0, 0.1) is 6.92 Å². The first-order valence-electron chi connectivity index (χ1n) is 7.34. The summed E-state index contributed by atoms with van der Waals surface area (Å²) in [6, 6.07) is 9.42. The third kappa shape index (κ3) is 3.12. The summed E-state index contributed by atoms with van der Waals surface area (Å²) in [5.74, 6) is 0.158. The molecule has 6 nitrogen and oxygen atoms in total. The first kappa shape index (κ1) is 15.3. The maximum atomic E-state index is 12.8. The predicted molar refractivity (Wildman–Crippen MR) is 81.4 cm³/mol. The average Bonchev–Trinajstić information content (AvgIpc) is 3.00. The van der Waals surface area contributed by atoms with Crippen molar-refractivity contribution in [1.29, 1.82) is 0 Å². The molecule has 120 valence electrons. The van der Waals surface area contributed by atoms with E-state index in [9.17, 15) is 9.59 Å². The fourth-order valence-corrected chi connectivity index (χ4v) is 2.67. The molecule has 2 aromatic rings. The van der Waals surface area contributed by atoms with Crippen molar-refractivity contribution in [3.05, 3.63) is 59.0 Å². The zero-order chi connectivity index (χ0) is 16.4. The molecule has 2 heterocycles. The Morgan fingerprint density at radius 2 is 2.00 bits per heavy atom. The van der Waals surface area contributed by atoms with Gasteiger partial charge in [0, 0.05) is 12.1 Å². The zero-order valence-electron chi connectivity index (χ0n) is 12.7. The number of aromatic carboxylic acids is 1. The van der Waals surface area contributed by atoms with Crippen molar-refractivity contribution in [3.8, 4) is 0 Å².